The lowest BCUT2D eigenvalue weighted by molar-refractivity contribution is -0.0500. The maximum Gasteiger partial charge on any atom is 0.534 e. The van der Waals surface area contributed by atoms with Gasteiger partial charge in [-0.1, -0.05) is 66.7 Å². The van der Waals surface area contributed by atoms with E-state index < -0.39 is 21.4 Å². The lowest BCUT2D eigenvalue weighted by Gasteiger charge is -2.11. The summed E-state index contributed by atoms with van der Waals surface area (Å²) in [5, 5.41) is 1.31. The van der Waals surface area contributed by atoms with Gasteiger partial charge < -0.3 is 4.18 Å². The van der Waals surface area contributed by atoms with Crippen molar-refractivity contribution in [3.8, 4) is 28.0 Å². The summed E-state index contributed by atoms with van der Waals surface area (Å²) in [5.74, 6) is -0.394. The predicted molar refractivity (Wildman–Crippen MR) is 110 cm³/mol. The predicted octanol–water partition coefficient (Wildman–Crippen LogP) is 6.40. The quantitative estimate of drug-likeness (QED) is 0.279. The monoisotopic (exact) mass is 428 g/mol. The molecule has 4 aromatic carbocycles. The summed E-state index contributed by atoms with van der Waals surface area (Å²) >= 11 is 0. The molecule has 3 nitrogen and oxygen atoms in total. The lowest BCUT2D eigenvalue weighted by atomic mass is 9.97. The van der Waals surface area contributed by atoms with Crippen LogP contribution in [0, 0.1) is 0 Å². The molecule has 0 aliphatic carbocycles. The van der Waals surface area contributed by atoms with E-state index in [1.165, 1.54) is 18.2 Å². The molecule has 0 radical (unpaired) electrons. The van der Waals surface area contributed by atoms with E-state index >= 15 is 0 Å². The van der Waals surface area contributed by atoms with Crippen LogP contribution in [-0.2, 0) is 10.1 Å². The molecule has 0 N–H and O–H groups in total. The van der Waals surface area contributed by atoms with Crippen LogP contribution in [-0.4, -0.2) is 13.9 Å². The van der Waals surface area contributed by atoms with Gasteiger partial charge in [0.05, 0.1) is 0 Å². The molecule has 0 aromatic heterocycles. The van der Waals surface area contributed by atoms with Crippen LogP contribution in [0.2, 0.25) is 0 Å². The van der Waals surface area contributed by atoms with Crippen LogP contribution in [0.25, 0.3) is 33.0 Å². The summed E-state index contributed by atoms with van der Waals surface area (Å²) in [5.41, 5.74) is -1.62. The molecule has 4 aromatic rings. The van der Waals surface area contributed by atoms with Crippen molar-refractivity contribution in [2.24, 2.45) is 0 Å². The Morgan fingerprint density at radius 1 is 0.600 bits per heavy atom. The van der Waals surface area contributed by atoms with Crippen molar-refractivity contribution >= 4 is 20.9 Å². The molecule has 30 heavy (non-hydrogen) atoms. The maximum absolute atomic E-state index is 12.6. The molecular formula is C23H15F3O3S. The molecule has 0 aliphatic heterocycles. The van der Waals surface area contributed by atoms with Gasteiger partial charge in [-0.05, 0) is 57.3 Å². The van der Waals surface area contributed by atoms with Crippen LogP contribution in [0.4, 0.5) is 13.2 Å². The summed E-state index contributed by atoms with van der Waals surface area (Å²) in [6.07, 6.45) is 0. The van der Waals surface area contributed by atoms with Gasteiger partial charge in [-0.2, -0.15) is 21.6 Å². The Hall–Kier alpha value is -3.32. The second-order valence-electron chi connectivity index (χ2n) is 6.65. The van der Waals surface area contributed by atoms with Crippen LogP contribution in [0.1, 0.15) is 0 Å². The summed E-state index contributed by atoms with van der Waals surface area (Å²) < 4.78 is 64.5. The topological polar surface area (TPSA) is 43.4 Å². The number of rotatable bonds is 4. The molecule has 0 spiro atoms. The summed E-state index contributed by atoms with van der Waals surface area (Å²) in [4.78, 5) is 0. The molecule has 7 heteroatoms. The van der Waals surface area contributed by atoms with Crippen molar-refractivity contribution in [3.05, 3.63) is 91.0 Å². The largest absolute Gasteiger partial charge is 0.534 e. The van der Waals surface area contributed by atoms with Gasteiger partial charge >= 0.3 is 15.6 Å². The van der Waals surface area contributed by atoms with E-state index in [2.05, 4.69) is 4.18 Å². The first-order valence-corrected chi connectivity index (χ1v) is 10.3. The average Bonchev–Trinajstić information content (AvgIpc) is 2.73. The minimum absolute atomic E-state index is 0.394. The molecule has 0 saturated heterocycles. The van der Waals surface area contributed by atoms with Gasteiger partial charge in [0, 0.05) is 0 Å². The number of fused-ring (bicyclic) bond motifs is 1. The number of benzene rings is 4. The highest BCUT2D eigenvalue weighted by Gasteiger charge is 2.48. The number of hydrogen-bond donors (Lipinski definition) is 0. The van der Waals surface area contributed by atoms with Gasteiger partial charge in [0.25, 0.3) is 0 Å². The third-order valence-corrected chi connectivity index (χ3v) is 5.58. The standard InChI is InChI=1S/C23H15F3O3S/c24-23(25,26)30(27,28)29-22-12-11-17-9-10-20(14-21(17)15-22)19-8-4-7-18(13-19)16-5-2-1-3-6-16/h1-15H. The van der Waals surface area contributed by atoms with Gasteiger partial charge in [0.2, 0.25) is 0 Å². The van der Waals surface area contributed by atoms with Crippen molar-refractivity contribution < 1.29 is 25.8 Å². The van der Waals surface area contributed by atoms with E-state index in [4.69, 9.17) is 0 Å². The van der Waals surface area contributed by atoms with Crippen LogP contribution < -0.4 is 4.18 Å². The smallest absolute Gasteiger partial charge is 0.376 e. The molecule has 0 atom stereocenters. The third kappa shape index (κ3) is 4.02. The molecule has 0 amide bonds. The second-order valence-corrected chi connectivity index (χ2v) is 8.19. The zero-order valence-corrected chi connectivity index (χ0v) is 16.2. The molecule has 4 rings (SSSR count). The van der Waals surface area contributed by atoms with E-state index in [9.17, 15) is 21.6 Å². The zero-order valence-electron chi connectivity index (χ0n) is 15.4. The molecule has 0 bridgehead atoms. The first kappa shape index (κ1) is 20.0. The SMILES string of the molecule is O=S(=O)(Oc1ccc2ccc(-c3cccc(-c4ccccc4)c3)cc2c1)C(F)(F)F. The minimum Gasteiger partial charge on any atom is -0.376 e. The van der Waals surface area contributed by atoms with Crippen molar-refractivity contribution in [1.82, 2.24) is 0 Å². The fourth-order valence-electron chi connectivity index (χ4n) is 3.14. The summed E-state index contributed by atoms with van der Waals surface area (Å²) in [6.45, 7) is 0. The Balaban J connectivity index is 1.72. The van der Waals surface area contributed by atoms with Gasteiger partial charge in [-0.3, -0.25) is 0 Å². The molecule has 0 fully saturated rings. The average molecular weight is 428 g/mol. The molecular weight excluding hydrogens is 413 g/mol. The van der Waals surface area contributed by atoms with Crippen LogP contribution in [0.3, 0.4) is 0 Å². The fraction of sp³-hybridized carbons (Fsp3) is 0.0435. The highest BCUT2D eigenvalue weighted by atomic mass is 32.2. The van der Waals surface area contributed by atoms with Crippen molar-refractivity contribution in [3.63, 3.8) is 0 Å². The van der Waals surface area contributed by atoms with Crippen molar-refractivity contribution in [2.75, 3.05) is 0 Å². The van der Waals surface area contributed by atoms with E-state index in [-0.39, 0.29) is 0 Å². The molecule has 0 aliphatic rings. The summed E-state index contributed by atoms with van der Waals surface area (Å²) in [7, 11) is -5.72. The Bertz CT molecular complexity index is 1310. The Kier molecular flexibility index (Phi) is 4.99. The number of alkyl halides is 3. The number of hydrogen-bond acceptors (Lipinski definition) is 3. The van der Waals surface area contributed by atoms with Crippen molar-refractivity contribution in [1.29, 1.82) is 0 Å². The Morgan fingerprint density at radius 3 is 1.90 bits per heavy atom. The zero-order chi connectivity index (χ0) is 21.4. The normalized spacial score (nSPS) is 12.1. The molecule has 0 heterocycles. The highest BCUT2D eigenvalue weighted by Crippen LogP contribution is 2.32. The first-order chi connectivity index (χ1) is 14.2. The first-order valence-electron chi connectivity index (χ1n) is 8.93. The Morgan fingerprint density at radius 2 is 1.20 bits per heavy atom. The van der Waals surface area contributed by atoms with E-state index in [1.54, 1.807) is 6.07 Å². The van der Waals surface area contributed by atoms with Gasteiger partial charge in [-0.15, -0.1) is 0 Å². The minimum atomic E-state index is -5.72. The Labute approximate surface area is 171 Å². The van der Waals surface area contributed by atoms with Gasteiger partial charge in [-0.25, -0.2) is 0 Å². The highest BCUT2D eigenvalue weighted by molar-refractivity contribution is 7.88. The fourth-order valence-corrected chi connectivity index (χ4v) is 3.59. The summed E-state index contributed by atoms with van der Waals surface area (Å²) in [6, 6.07) is 27.2. The van der Waals surface area contributed by atoms with Crippen LogP contribution >= 0.6 is 0 Å². The van der Waals surface area contributed by atoms with Crippen molar-refractivity contribution in [2.45, 2.75) is 5.51 Å². The second kappa shape index (κ2) is 7.50. The van der Waals surface area contributed by atoms with E-state index in [0.717, 1.165) is 27.6 Å². The number of halogens is 3. The molecule has 0 unspecified atom stereocenters. The van der Waals surface area contributed by atoms with Crippen LogP contribution in [0.15, 0.2) is 91.0 Å². The van der Waals surface area contributed by atoms with Crippen LogP contribution in [0.5, 0.6) is 5.75 Å². The molecule has 152 valence electrons. The lowest BCUT2D eigenvalue weighted by Crippen LogP contribution is -2.28. The van der Waals surface area contributed by atoms with Gasteiger partial charge in [0.1, 0.15) is 5.75 Å². The third-order valence-electron chi connectivity index (χ3n) is 4.60. The maximum atomic E-state index is 12.6. The van der Waals surface area contributed by atoms with E-state index in [1.807, 2.05) is 66.7 Å². The van der Waals surface area contributed by atoms with Gasteiger partial charge in [0.15, 0.2) is 0 Å². The van der Waals surface area contributed by atoms with E-state index in [0.29, 0.717) is 5.39 Å². The molecule has 0 saturated carbocycles.